The SMILES string of the molecule is O=S(=O)(Oc1cccc2c1SCCC2)C(F)(F)F. The molecule has 0 radical (unpaired) electrons. The highest BCUT2D eigenvalue weighted by atomic mass is 32.2. The van der Waals surface area contributed by atoms with Crippen molar-refractivity contribution >= 4 is 21.9 Å². The lowest BCUT2D eigenvalue weighted by Gasteiger charge is -2.18. The molecule has 0 aromatic heterocycles. The molecule has 0 unspecified atom stereocenters. The first-order chi connectivity index (χ1) is 8.31. The van der Waals surface area contributed by atoms with Crippen molar-refractivity contribution in [3.05, 3.63) is 23.8 Å². The Morgan fingerprint density at radius 2 is 2.00 bits per heavy atom. The van der Waals surface area contributed by atoms with Gasteiger partial charge in [-0.1, -0.05) is 12.1 Å². The first-order valence-corrected chi connectivity index (χ1v) is 7.46. The van der Waals surface area contributed by atoms with Gasteiger partial charge in [0.25, 0.3) is 0 Å². The summed E-state index contributed by atoms with van der Waals surface area (Å²) in [7, 11) is -5.60. The lowest BCUT2D eigenvalue weighted by Crippen LogP contribution is -2.28. The molecule has 8 heteroatoms. The van der Waals surface area contributed by atoms with E-state index in [0.29, 0.717) is 11.3 Å². The van der Waals surface area contributed by atoms with E-state index in [9.17, 15) is 21.6 Å². The number of hydrogen-bond donors (Lipinski definition) is 0. The molecule has 1 aromatic rings. The number of aryl methyl sites for hydroxylation is 1. The summed E-state index contributed by atoms with van der Waals surface area (Å²) in [6.07, 6.45) is 1.62. The maximum Gasteiger partial charge on any atom is 0.534 e. The van der Waals surface area contributed by atoms with Crippen LogP contribution < -0.4 is 4.18 Å². The minimum absolute atomic E-state index is 0.241. The highest BCUT2D eigenvalue weighted by Crippen LogP contribution is 2.39. The smallest absolute Gasteiger partial charge is 0.375 e. The molecule has 1 aromatic carbocycles. The fourth-order valence-corrected chi connectivity index (χ4v) is 3.21. The van der Waals surface area contributed by atoms with E-state index in [4.69, 9.17) is 0 Å². The number of hydrogen-bond acceptors (Lipinski definition) is 4. The van der Waals surface area contributed by atoms with Crippen LogP contribution in [0.15, 0.2) is 23.1 Å². The molecule has 1 aliphatic rings. The summed E-state index contributed by atoms with van der Waals surface area (Å²) in [6, 6.07) is 4.49. The third kappa shape index (κ3) is 2.59. The van der Waals surface area contributed by atoms with Gasteiger partial charge in [0.1, 0.15) is 0 Å². The third-order valence-electron chi connectivity index (χ3n) is 2.38. The average molecular weight is 298 g/mol. The van der Waals surface area contributed by atoms with Gasteiger partial charge in [0.15, 0.2) is 5.75 Å². The van der Waals surface area contributed by atoms with Crippen LogP contribution in [0.1, 0.15) is 12.0 Å². The van der Waals surface area contributed by atoms with Crippen molar-refractivity contribution in [1.82, 2.24) is 0 Å². The van der Waals surface area contributed by atoms with Crippen LogP contribution in [0.3, 0.4) is 0 Å². The van der Waals surface area contributed by atoms with Crippen LogP contribution in [0, 0.1) is 0 Å². The minimum Gasteiger partial charge on any atom is -0.375 e. The van der Waals surface area contributed by atoms with E-state index in [1.165, 1.54) is 23.9 Å². The largest absolute Gasteiger partial charge is 0.534 e. The molecule has 1 aliphatic heterocycles. The molecule has 2 rings (SSSR count). The van der Waals surface area contributed by atoms with Gasteiger partial charge in [-0.05, 0) is 30.2 Å². The maximum absolute atomic E-state index is 12.2. The van der Waals surface area contributed by atoms with Crippen LogP contribution in [0.5, 0.6) is 5.75 Å². The monoisotopic (exact) mass is 298 g/mol. The maximum atomic E-state index is 12.2. The number of fused-ring (bicyclic) bond motifs is 1. The van der Waals surface area contributed by atoms with Crippen LogP contribution >= 0.6 is 11.8 Å². The average Bonchev–Trinajstić information content (AvgIpc) is 2.27. The first-order valence-electron chi connectivity index (χ1n) is 5.07. The number of halogens is 3. The summed E-state index contributed by atoms with van der Waals surface area (Å²) in [5, 5.41) is 0. The summed E-state index contributed by atoms with van der Waals surface area (Å²) in [4.78, 5) is 0.483. The molecular weight excluding hydrogens is 289 g/mol. The van der Waals surface area contributed by atoms with Crippen molar-refractivity contribution in [1.29, 1.82) is 0 Å². The fourth-order valence-electron chi connectivity index (χ4n) is 1.59. The number of benzene rings is 1. The van der Waals surface area contributed by atoms with Gasteiger partial charge < -0.3 is 4.18 Å². The topological polar surface area (TPSA) is 43.4 Å². The highest BCUT2D eigenvalue weighted by molar-refractivity contribution is 7.99. The minimum atomic E-state index is -5.60. The molecule has 0 saturated heterocycles. The van der Waals surface area contributed by atoms with Crippen molar-refractivity contribution < 1.29 is 25.8 Å². The van der Waals surface area contributed by atoms with Crippen molar-refractivity contribution in [2.45, 2.75) is 23.2 Å². The van der Waals surface area contributed by atoms with Gasteiger partial charge in [0.2, 0.25) is 0 Å². The normalized spacial score (nSPS) is 16.2. The molecule has 0 N–H and O–H groups in total. The van der Waals surface area contributed by atoms with Crippen LogP contribution in [-0.4, -0.2) is 19.7 Å². The van der Waals surface area contributed by atoms with E-state index in [1.54, 1.807) is 6.07 Å². The first kappa shape index (κ1) is 13.5. The molecule has 0 spiro atoms. The van der Waals surface area contributed by atoms with Gasteiger partial charge in [-0.2, -0.15) is 21.6 Å². The Hall–Kier alpha value is -0.890. The Morgan fingerprint density at radius 3 is 2.67 bits per heavy atom. The summed E-state index contributed by atoms with van der Waals surface area (Å²) < 4.78 is 62.8. The zero-order valence-electron chi connectivity index (χ0n) is 9.03. The van der Waals surface area contributed by atoms with Gasteiger partial charge in [0, 0.05) is 0 Å². The van der Waals surface area contributed by atoms with Gasteiger partial charge in [0.05, 0.1) is 4.90 Å². The molecule has 0 fully saturated rings. The zero-order valence-corrected chi connectivity index (χ0v) is 10.7. The molecule has 3 nitrogen and oxygen atoms in total. The molecule has 0 bridgehead atoms. The molecule has 18 heavy (non-hydrogen) atoms. The second-order valence-electron chi connectivity index (χ2n) is 3.68. The summed E-state index contributed by atoms with van der Waals surface area (Å²) in [6.45, 7) is 0. The molecule has 0 aliphatic carbocycles. The van der Waals surface area contributed by atoms with Crippen LogP contribution in [0.4, 0.5) is 13.2 Å². The Bertz CT molecular complexity index is 552. The molecule has 0 saturated carbocycles. The number of alkyl halides is 3. The lowest BCUT2D eigenvalue weighted by molar-refractivity contribution is -0.0500. The zero-order chi connectivity index (χ0) is 13.4. The van der Waals surface area contributed by atoms with Gasteiger partial charge in [-0.15, -0.1) is 11.8 Å². The third-order valence-corrected chi connectivity index (χ3v) is 4.59. The number of rotatable bonds is 2. The Morgan fingerprint density at radius 1 is 1.28 bits per heavy atom. The van der Waals surface area contributed by atoms with Gasteiger partial charge >= 0.3 is 15.6 Å². The molecule has 0 amide bonds. The van der Waals surface area contributed by atoms with Gasteiger partial charge in [-0.25, -0.2) is 0 Å². The summed E-state index contributed by atoms with van der Waals surface area (Å²) in [5.74, 6) is 0.494. The highest BCUT2D eigenvalue weighted by Gasteiger charge is 2.48. The molecule has 0 atom stereocenters. The summed E-state index contributed by atoms with van der Waals surface area (Å²) in [5.41, 5.74) is -4.59. The Labute approximate surface area is 106 Å². The molecule has 1 heterocycles. The standard InChI is InChI=1S/C10H9F3O3S2/c11-10(12,13)18(14,15)16-8-5-1-3-7-4-2-6-17-9(7)8/h1,3,5H,2,4,6H2. The van der Waals surface area contributed by atoms with Crippen molar-refractivity contribution in [3.63, 3.8) is 0 Å². The van der Waals surface area contributed by atoms with E-state index >= 15 is 0 Å². The van der Waals surface area contributed by atoms with E-state index in [0.717, 1.165) is 17.7 Å². The van der Waals surface area contributed by atoms with Crippen molar-refractivity contribution in [2.24, 2.45) is 0 Å². The Kier molecular flexibility index (Phi) is 3.50. The fraction of sp³-hybridized carbons (Fsp3) is 0.400. The molecule has 100 valence electrons. The van der Waals surface area contributed by atoms with E-state index in [1.807, 2.05) is 0 Å². The van der Waals surface area contributed by atoms with E-state index in [2.05, 4.69) is 4.18 Å². The van der Waals surface area contributed by atoms with Crippen LogP contribution in [0.2, 0.25) is 0 Å². The van der Waals surface area contributed by atoms with Crippen molar-refractivity contribution in [3.8, 4) is 5.75 Å². The van der Waals surface area contributed by atoms with Crippen molar-refractivity contribution in [2.75, 3.05) is 5.75 Å². The second kappa shape index (κ2) is 4.65. The number of thioether (sulfide) groups is 1. The van der Waals surface area contributed by atoms with Gasteiger partial charge in [-0.3, -0.25) is 0 Å². The van der Waals surface area contributed by atoms with E-state index < -0.39 is 15.6 Å². The quantitative estimate of drug-likeness (QED) is 0.622. The lowest BCUT2D eigenvalue weighted by atomic mass is 10.1. The van der Waals surface area contributed by atoms with Crippen LogP contribution in [-0.2, 0) is 16.5 Å². The summed E-state index contributed by atoms with van der Waals surface area (Å²) >= 11 is 1.31. The van der Waals surface area contributed by atoms with E-state index in [-0.39, 0.29) is 5.75 Å². The predicted molar refractivity (Wildman–Crippen MR) is 61.1 cm³/mol. The predicted octanol–water partition coefficient (Wildman–Crippen LogP) is 2.95. The Balaban J connectivity index is 2.36. The second-order valence-corrected chi connectivity index (χ2v) is 6.32. The molecular formula is C10H9F3O3S2. The van der Waals surface area contributed by atoms with Crippen LogP contribution in [0.25, 0.3) is 0 Å².